The highest BCUT2D eigenvalue weighted by atomic mass is 32.1. The van der Waals surface area contributed by atoms with Crippen molar-refractivity contribution in [1.29, 1.82) is 0 Å². The van der Waals surface area contributed by atoms with Crippen LogP contribution in [0.25, 0.3) is 0 Å². The highest BCUT2D eigenvalue weighted by Gasteiger charge is 2.39. The largest absolute Gasteiger partial charge is 0.444 e. The fourth-order valence-electron chi connectivity index (χ4n) is 3.17. The maximum absolute atomic E-state index is 12.7. The van der Waals surface area contributed by atoms with E-state index in [0.29, 0.717) is 18.2 Å². The molecule has 1 fully saturated rings. The maximum atomic E-state index is 12.7. The Morgan fingerprint density at radius 2 is 1.90 bits per heavy atom. The molecule has 0 spiro atoms. The van der Waals surface area contributed by atoms with Crippen molar-refractivity contribution in [3.8, 4) is 0 Å². The van der Waals surface area contributed by atoms with E-state index in [-0.39, 0.29) is 17.2 Å². The maximum Gasteiger partial charge on any atom is 0.410 e. The monoisotopic (exact) mass is 456 g/mol. The Morgan fingerprint density at radius 1 is 1.27 bits per heavy atom. The van der Waals surface area contributed by atoms with Gasteiger partial charge in [-0.3, -0.25) is 0 Å². The SMILES string of the molecule is Cc1nc([C@@H](O)[C@@H]2CCCCN2C(=O)OC(C)(C)C)sc1CO[Si](C)(C)C(C)(C)C. The van der Waals surface area contributed by atoms with Gasteiger partial charge in [0.25, 0.3) is 0 Å². The quantitative estimate of drug-likeness (QED) is 0.567. The van der Waals surface area contributed by atoms with Gasteiger partial charge in [0.1, 0.15) is 16.7 Å². The van der Waals surface area contributed by atoms with E-state index in [1.807, 2.05) is 27.7 Å². The van der Waals surface area contributed by atoms with Gasteiger partial charge in [0.15, 0.2) is 8.32 Å². The number of rotatable bonds is 5. The number of ether oxygens (including phenoxy) is 1. The number of carbonyl (C=O) groups is 1. The van der Waals surface area contributed by atoms with Crippen LogP contribution in [0.15, 0.2) is 0 Å². The molecule has 30 heavy (non-hydrogen) atoms. The number of piperidine rings is 1. The van der Waals surface area contributed by atoms with Gasteiger partial charge in [0.2, 0.25) is 0 Å². The first kappa shape index (κ1) is 25.3. The first-order valence-electron chi connectivity index (χ1n) is 10.9. The Balaban J connectivity index is 2.14. The van der Waals surface area contributed by atoms with Gasteiger partial charge < -0.3 is 19.2 Å². The molecule has 0 radical (unpaired) electrons. The second kappa shape index (κ2) is 9.26. The van der Waals surface area contributed by atoms with Crippen molar-refractivity contribution in [1.82, 2.24) is 9.88 Å². The summed E-state index contributed by atoms with van der Waals surface area (Å²) in [5, 5.41) is 11.9. The first-order valence-corrected chi connectivity index (χ1v) is 14.6. The molecule has 8 heteroatoms. The average molecular weight is 457 g/mol. The van der Waals surface area contributed by atoms with Crippen molar-refractivity contribution < 1.29 is 19.1 Å². The zero-order valence-corrected chi connectivity index (χ0v) is 22.0. The number of hydrogen-bond donors (Lipinski definition) is 1. The number of aliphatic hydroxyl groups is 1. The van der Waals surface area contributed by atoms with E-state index in [1.165, 1.54) is 11.3 Å². The van der Waals surface area contributed by atoms with E-state index in [0.717, 1.165) is 29.8 Å². The van der Waals surface area contributed by atoms with Crippen LogP contribution in [0.1, 0.15) is 82.5 Å². The summed E-state index contributed by atoms with van der Waals surface area (Å²) in [7, 11) is -1.86. The lowest BCUT2D eigenvalue weighted by molar-refractivity contribution is -0.0169. The Labute approximate surface area is 187 Å². The summed E-state index contributed by atoms with van der Waals surface area (Å²) in [5.41, 5.74) is 0.336. The third-order valence-electron chi connectivity index (χ3n) is 6.07. The smallest absolute Gasteiger partial charge is 0.410 e. The summed E-state index contributed by atoms with van der Waals surface area (Å²) < 4.78 is 11.9. The lowest BCUT2D eigenvalue weighted by atomic mass is 9.98. The fourth-order valence-corrected chi connectivity index (χ4v) is 5.24. The van der Waals surface area contributed by atoms with E-state index < -0.39 is 20.0 Å². The van der Waals surface area contributed by atoms with Gasteiger partial charge in [0.05, 0.1) is 23.2 Å². The number of aryl methyl sites for hydroxylation is 1. The summed E-state index contributed by atoms with van der Waals surface area (Å²) >= 11 is 1.50. The molecule has 2 atom stereocenters. The first-order chi connectivity index (χ1) is 13.6. The van der Waals surface area contributed by atoms with Crippen LogP contribution in [0.4, 0.5) is 4.79 Å². The number of carbonyl (C=O) groups excluding carboxylic acids is 1. The van der Waals surface area contributed by atoms with Gasteiger partial charge in [-0.25, -0.2) is 9.78 Å². The molecule has 172 valence electrons. The van der Waals surface area contributed by atoms with E-state index in [1.54, 1.807) is 4.90 Å². The Bertz CT molecular complexity index is 736. The Hall–Kier alpha value is -0.963. The molecule has 1 saturated heterocycles. The van der Waals surface area contributed by atoms with Crippen LogP contribution in [0.5, 0.6) is 0 Å². The van der Waals surface area contributed by atoms with Crippen LogP contribution in [-0.2, 0) is 15.8 Å². The third kappa shape index (κ3) is 6.28. The van der Waals surface area contributed by atoms with Crippen LogP contribution in [0.2, 0.25) is 18.1 Å². The van der Waals surface area contributed by atoms with E-state index in [9.17, 15) is 9.90 Å². The average Bonchev–Trinajstić information content (AvgIpc) is 2.98. The molecule has 1 aliphatic heterocycles. The van der Waals surface area contributed by atoms with Crippen molar-refractivity contribution in [2.45, 2.75) is 110 Å². The van der Waals surface area contributed by atoms with Crippen molar-refractivity contribution in [3.05, 3.63) is 15.6 Å². The summed E-state index contributed by atoms with van der Waals surface area (Å²) in [4.78, 5) is 20.1. The minimum atomic E-state index is -1.86. The molecule has 0 aromatic carbocycles. The second-order valence-electron chi connectivity index (χ2n) is 10.8. The molecule has 6 nitrogen and oxygen atoms in total. The Kier molecular flexibility index (Phi) is 7.81. The van der Waals surface area contributed by atoms with Gasteiger partial charge in [-0.05, 0) is 65.1 Å². The minimum Gasteiger partial charge on any atom is -0.444 e. The molecular weight excluding hydrogens is 416 g/mol. The van der Waals surface area contributed by atoms with Crippen LogP contribution in [0, 0.1) is 6.92 Å². The van der Waals surface area contributed by atoms with Crippen LogP contribution in [-0.4, -0.2) is 47.6 Å². The highest BCUT2D eigenvalue weighted by Crippen LogP contribution is 2.38. The molecule has 0 bridgehead atoms. The number of likely N-dealkylation sites (tertiary alicyclic amines) is 1. The molecular formula is C22H40N2O4SSi. The number of thiazole rings is 1. The number of aliphatic hydroxyl groups excluding tert-OH is 1. The van der Waals surface area contributed by atoms with Crippen LogP contribution >= 0.6 is 11.3 Å². The lowest BCUT2D eigenvalue weighted by Crippen LogP contribution is -2.48. The van der Waals surface area contributed by atoms with Crippen molar-refractivity contribution >= 4 is 25.7 Å². The molecule has 0 unspecified atom stereocenters. The summed E-state index contributed by atoms with van der Waals surface area (Å²) in [6, 6.07) is -0.312. The summed E-state index contributed by atoms with van der Waals surface area (Å²) in [6.07, 6.45) is 1.47. The van der Waals surface area contributed by atoms with Crippen LogP contribution < -0.4 is 0 Å². The van der Waals surface area contributed by atoms with E-state index in [2.05, 4.69) is 38.8 Å². The summed E-state index contributed by atoms with van der Waals surface area (Å²) in [6.45, 7) is 19.8. The number of hydrogen-bond acceptors (Lipinski definition) is 6. The molecule has 1 aromatic rings. The Morgan fingerprint density at radius 3 is 2.47 bits per heavy atom. The van der Waals surface area contributed by atoms with Crippen molar-refractivity contribution in [2.24, 2.45) is 0 Å². The molecule has 2 rings (SSSR count). The molecule has 0 saturated carbocycles. The van der Waals surface area contributed by atoms with Gasteiger partial charge in [-0.2, -0.15) is 0 Å². The summed E-state index contributed by atoms with van der Waals surface area (Å²) in [5.74, 6) is 0. The predicted octanol–water partition coefficient (Wildman–Crippen LogP) is 5.80. The topological polar surface area (TPSA) is 71.9 Å². The van der Waals surface area contributed by atoms with Gasteiger partial charge in [0, 0.05) is 6.54 Å². The number of nitrogens with zero attached hydrogens (tertiary/aromatic N) is 2. The normalized spacial score (nSPS) is 19.7. The standard InChI is InChI=1S/C22H40N2O4SSi/c1-15-17(14-27-30(8,9)22(5,6)7)29-19(23-15)18(25)16-12-10-11-13-24(16)20(26)28-21(2,3)4/h16,18,25H,10-14H2,1-9H3/t16-,18-/m0/s1. The molecule has 2 heterocycles. The zero-order valence-electron chi connectivity index (χ0n) is 20.2. The predicted molar refractivity (Wildman–Crippen MR) is 124 cm³/mol. The van der Waals surface area contributed by atoms with Gasteiger partial charge >= 0.3 is 6.09 Å². The van der Waals surface area contributed by atoms with Crippen molar-refractivity contribution in [3.63, 3.8) is 0 Å². The molecule has 1 N–H and O–H groups in total. The van der Waals surface area contributed by atoms with Gasteiger partial charge in [-0.15, -0.1) is 11.3 Å². The zero-order chi connectivity index (χ0) is 22.9. The van der Waals surface area contributed by atoms with Crippen molar-refractivity contribution in [2.75, 3.05) is 6.54 Å². The minimum absolute atomic E-state index is 0.143. The molecule has 1 aliphatic rings. The van der Waals surface area contributed by atoms with E-state index >= 15 is 0 Å². The number of aromatic nitrogens is 1. The highest BCUT2D eigenvalue weighted by molar-refractivity contribution is 7.11. The van der Waals surface area contributed by atoms with Gasteiger partial charge in [-0.1, -0.05) is 20.8 Å². The number of amides is 1. The molecule has 0 aliphatic carbocycles. The fraction of sp³-hybridized carbons (Fsp3) is 0.818. The second-order valence-corrected chi connectivity index (χ2v) is 16.7. The van der Waals surface area contributed by atoms with Crippen LogP contribution in [0.3, 0.4) is 0 Å². The molecule has 1 amide bonds. The molecule has 1 aromatic heterocycles. The third-order valence-corrected chi connectivity index (χ3v) is 11.8. The van der Waals surface area contributed by atoms with E-state index in [4.69, 9.17) is 9.16 Å². The lowest BCUT2D eigenvalue weighted by Gasteiger charge is -2.38.